The molecule has 0 aliphatic heterocycles. The normalized spacial score (nSPS) is 11.6. The average molecular weight is 271 g/mol. The van der Waals surface area contributed by atoms with E-state index in [2.05, 4.69) is 68.6 Å². The molecule has 2 rings (SSSR count). The van der Waals surface area contributed by atoms with Gasteiger partial charge in [-0.15, -0.1) is 0 Å². The van der Waals surface area contributed by atoms with Crippen molar-refractivity contribution in [1.82, 2.24) is 9.78 Å². The molecule has 3 nitrogen and oxygen atoms in total. The maximum Gasteiger partial charge on any atom is 0.0539 e. The SMILES string of the molecule is CCCn1cc(CNc2ccc(C(C)(C)C)cc2)cn1. The molecule has 1 aromatic heterocycles. The van der Waals surface area contributed by atoms with Crippen LogP contribution in [0.1, 0.15) is 45.2 Å². The van der Waals surface area contributed by atoms with E-state index in [9.17, 15) is 0 Å². The standard InChI is InChI=1S/C17H25N3/c1-5-10-20-13-14(12-19-20)11-18-16-8-6-15(7-9-16)17(2,3)4/h6-9,12-13,18H,5,10-11H2,1-4H3. The number of aromatic nitrogens is 2. The molecule has 0 saturated heterocycles. The van der Waals surface area contributed by atoms with E-state index in [1.165, 1.54) is 11.1 Å². The summed E-state index contributed by atoms with van der Waals surface area (Å²) in [6, 6.07) is 8.69. The van der Waals surface area contributed by atoms with Crippen LogP contribution in [0.25, 0.3) is 0 Å². The van der Waals surface area contributed by atoms with Crippen LogP contribution < -0.4 is 5.32 Å². The van der Waals surface area contributed by atoms with Crippen LogP contribution in [-0.2, 0) is 18.5 Å². The Balaban J connectivity index is 1.93. The Kier molecular flexibility index (Phi) is 4.48. The van der Waals surface area contributed by atoms with Gasteiger partial charge in [-0.2, -0.15) is 5.10 Å². The van der Waals surface area contributed by atoms with Crippen LogP contribution in [0.2, 0.25) is 0 Å². The van der Waals surface area contributed by atoms with E-state index >= 15 is 0 Å². The second-order valence-corrected chi connectivity index (χ2v) is 6.29. The van der Waals surface area contributed by atoms with Crippen LogP contribution in [0.15, 0.2) is 36.7 Å². The van der Waals surface area contributed by atoms with Crippen LogP contribution in [0, 0.1) is 0 Å². The van der Waals surface area contributed by atoms with Crippen molar-refractivity contribution in [3.8, 4) is 0 Å². The number of anilines is 1. The molecule has 0 aliphatic carbocycles. The van der Waals surface area contributed by atoms with Crippen LogP contribution in [-0.4, -0.2) is 9.78 Å². The number of nitrogens with zero attached hydrogens (tertiary/aromatic N) is 2. The van der Waals surface area contributed by atoms with Gasteiger partial charge in [0, 0.05) is 30.5 Å². The molecular weight excluding hydrogens is 246 g/mol. The third-order valence-electron chi connectivity index (χ3n) is 3.39. The summed E-state index contributed by atoms with van der Waals surface area (Å²) in [5, 5.41) is 7.78. The first-order valence-corrected chi connectivity index (χ1v) is 7.35. The fourth-order valence-corrected chi connectivity index (χ4v) is 2.14. The van der Waals surface area contributed by atoms with Crippen molar-refractivity contribution in [3.63, 3.8) is 0 Å². The van der Waals surface area contributed by atoms with E-state index < -0.39 is 0 Å². The first-order chi connectivity index (χ1) is 9.49. The molecule has 1 N–H and O–H groups in total. The summed E-state index contributed by atoms with van der Waals surface area (Å²) >= 11 is 0. The van der Waals surface area contributed by atoms with Gasteiger partial charge in [0.25, 0.3) is 0 Å². The molecule has 0 radical (unpaired) electrons. The lowest BCUT2D eigenvalue weighted by Gasteiger charge is -2.19. The highest BCUT2D eigenvalue weighted by Gasteiger charge is 2.12. The largest absolute Gasteiger partial charge is 0.381 e. The van der Waals surface area contributed by atoms with Gasteiger partial charge in [-0.05, 0) is 29.5 Å². The summed E-state index contributed by atoms with van der Waals surface area (Å²) in [4.78, 5) is 0. The summed E-state index contributed by atoms with van der Waals surface area (Å²) in [5.41, 5.74) is 3.94. The highest BCUT2D eigenvalue weighted by Crippen LogP contribution is 2.23. The van der Waals surface area contributed by atoms with E-state index in [0.717, 1.165) is 25.2 Å². The van der Waals surface area contributed by atoms with Gasteiger partial charge in [0.2, 0.25) is 0 Å². The quantitative estimate of drug-likeness (QED) is 0.883. The van der Waals surface area contributed by atoms with Gasteiger partial charge in [0.05, 0.1) is 6.20 Å². The number of benzene rings is 1. The van der Waals surface area contributed by atoms with Crippen molar-refractivity contribution >= 4 is 5.69 Å². The molecule has 0 amide bonds. The Morgan fingerprint density at radius 2 is 1.85 bits per heavy atom. The molecule has 3 heteroatoms. The maximum absolute atomic E-state index is 4.34. The summed E-state index contributed by atoms with van der Waals surface area (Å²) in [7, 11) is 0. The number of aryl methyl sites for hydroxylation is 1. The van der Waals surface area contributed by atoms with Gasteiger partial charge >= 0.3 is 0 Å². The van der Waals surface area contributed by atoms with Crippen molar-refractivity contribution in [2.45, 2.75) is 52.6 Å². The number of hydrogen-bond donors (Lipinski definition) is 1. The second-order valence-electron chi connectivity index (χ2n) is 6.29. The molecule has 108 valence electrons. The summed E-state index contributed by atoms with van der Waals surface area (Å²) in [5.74, 6) is 0. The monoisotopic (exact) mass is 271 g/mol. The lowest BCUT2D eigenvalue weighted by molar-refractivity contribution is 0.590. The van der Waals surface area contributed by atoms with Gasteiger partial charge in [-0.3, -0.25) is 4.68 Å². The van der Waals surface area contributed by atoms with E-state index in [4.69, 9.17) is 0 Å². The van der Waals surface area contributed by atoms with E-state index in [0.29, 0.717) is 0 Å². The molecule has 20 heavy (non-hydrogen) atoms. The van der Waals surface area contributed by atoms with Crippen LogP contribution in [0.5, 0.6) is 0 Å². The van der Waals surface area contributed by atoms with Gasteiger partial charge in [0.15, 0.2) is 0 Å². The predicted molar refractivity (Wildman–Crippen MR) is 85.0 cm³/mol. The molecule has 0 saturated carbocycles. The Hall–Kier alpha value is -1.77. The third kappa shape index (κ3) is 3.86. The fraction of sp³-hybridized carbons (Fsp3) is 0.471. The second kappa shape index (κ2) is 6.12. The smallest absolute Gasteiger partial charge is 0.0539 e. The van der Waals surface area contributed by atoms with Gasteiger partial charge in [0.1, 0.15) is 0 Å². The molecule has 1 aromatic carbocycles. The van der Waals surface area contributed by atoms with Gasteiger partial charge in [-0.1, -0.05) is 39.8 Å². The van der Waals surface area contributed by atoms with Crippen LogP contribution >= 0.6 is 0 Å². The summed E-state index contributed by atoms with van der Waals surface area (Å²) in [6.07, 6.45) is 5.16. The van der Waals surface area contributed by atoms with Gasteiger partial charge < -0.3 is 5.32 Å². The van der Waals surface area contributed by atoms with Crippen LogP contribution in [0.4, 0.5) is 5.69 Å². The minimum Gasteiger partial charge on any atom is -0.381 e. The number of hydrogen-bond acceptors (Lipinski definition) is 2. The van der Waals surface area contributed by atoms with Crippen molar-refractivity contribution in [2.24, 2.45) is 0 Å². The minimum atomic E-state index is 0.208. The topological polar surface area (TPSA) is 29.9 Å². The minimum absolute atomic E-state index is 0.208. The van der Waals surface area contributed by atoms with E-state index in [1.807, 2.05) is 10.9 Å². The van der Waals surface area contributed by atoms with Crippen molar-refractivity contribution in [1.29, 1.82) is 0 Å². The zero-order valence-electron chi connectivity index (χ0n) is 13.0. The summed E-state index contributed by atoms with van der Waals surface area (Å²) in [6.45, 7) is 10.7. The molecule has 0 spiro atoms. The maximum atomic E-state index is 4.34. The molecule has 0 unspecified atom stereocenters. The van der Waals surface area contributed by atoms with E-state index in [1.54, 1.807) is 0 Å². The van der Waals surface area contributed by atoms with Crippen molar-refractivity contribution in [3.05, 3.63) is 47.8 Å². The highest BCUT2D eigenvalue weighted by atomic mass is 15.3. The fourth-order valence-electron chi connectivity index (χ4n) is 2.14. The first kappa shape index (κ1) is 14.6. The lowest BCUT2D eigenvalue weighted by atomic mass is 9.87. The molecule has 1 heterocycles. The molecule has 0 fully saturated rings. The molecular formula is C17H25N3. The highest BCUT2D eigenvalue weighted by molar-refractivity contribution is 5.46. The molecule has 0 aliphatic rings. The molecule has 0 atom stereocenters. The van der Waals surface area contributed by atoms with Gasteiger partial charge in [-0.25, -0.2) is 0 Å². The predicted octanol–water partition coefficient (Wildman–Crippen LogP) is 4.20. The first-order valence-electron chi connectivity index (χ1n) is 7.35. The third-order valence-corrected chi connectivity index (χ3v) is 3.39. The average Bonchev–Trinajstić information content (AvgIpc) is 2.84. The molecule has 0 bridgehead atoms. The Bertz CT molecular complexity index is 532. The number of rotatable bonds is 5. The lowest BCUT2D eigenvalue weighted by Crippen LogP contribution is -2.10. The van der Waals surface area contributed by atoms with Crippen LogP contribution in [0.3, 0.4) is 0 Å². The molecule has 2 aromatic rings. The Labute approximate surface area is 122 Å². The Morgan fingerprint density at radius 3 is 2.45 bits per heavy atom. The van der Waals surface area contributed by atoms with E-state index in [-0.39, 0.29) is 5.41 Å². The summed E-state index contributed by atoms with van der Waals surface area (Å²) < 4.78 is 2.00. The zero-order chi connectivity index (χ0) is 14.6. The van der Waals surface area contributed by atoms with Crippen molar-refractivity contribution in [2.75, 3.05) is 5.32 Å². The van der Waals surface area contributed by atoms with Crippen molar-refractivity contribution < 1.29 is 0 Å². The number of nitrogens with one attached hydrogen (secondary N) is 1. The zero-order valence-corrected chi connectivity index (χ0v) is 13.0. The Morgan fingerprint density at radius 1 is 1.15 bits per heavy atom.